The molecular formula is C20H27N5O2S. The van der Waals surface area contributed by atoms with E-state index >= 15 is 0 Å². The zero-order chi connectivity index (χ0) is 19.9. The minimum atomic E-state index is -0.0944. The summed E-state index contributed by atoms with van der Waals surface area (Å²) in [4.78, 5) is 25.9. The number of esters is 1. The van der Waals surface area contributed by atoms with Gasteiger partial charge in [0.15, 0.2) is 0 Å². The standard InChI is InChI=1S/C20H27N5O2S/c1-4-27-19(26)17-7-16(17)14-5-6-18(22-10-14)21-8-13(2)9-23-20-24-11-15(28-3)12-25-20/h5-6,10-13,16-17H,4,7-9H2,1-3H3,(H,21,22)(H,23,24,25)/t13-,16?,17?/m1/s1. The Labute approximate surface area is 170 Å². The molecule has 2 heterocycles. The van der Waals surface area contributed by atoms with Gasteiger partial charge < -0.3 is 15.4 Å². The first-order valence-electron chi connectivity index (χ1n) is 9.57. The third-order valence-electron chi connectivity index (χ3n) is 4.70. The molecule has 1 aliphatic carbocycles. The van der Waals surface area contributed by atoms with Crippen molar-refractivity contribution in [1.82, 2.24) is 15.0 Å². The van der Waals surface area contributed by atoms with Crippen LogP contribution in [0.4, 0.5) is 11.8 Å². The van der Waals surface area contributed by atoms with E-state index < -0.39 is 0 Å². The average molecular weight is 402 g/mol. The van der Waals surface area contributed by atoms with Crippen LogP contribution in [0.1, 0.15) is 31.7 Å². The molecule has 2 aromatic rings. The normalized spacial score (nSPS) is 19.0. The molecule has 28 heavy (non-hydrogen) atoms. The van der Waals surface area contributed by atoms with Crippen molar-refractivity contribution in [3.05, 3.63) is 36.3 Å². The lowest BCUT2D eigenvalue weighted by molar-refractivity contribution is -0.144. The first kappa shape index (κ1) is 20.4. The smallest absolute Gasteiger partial charge is 0.309 e. The third kappa shape index (κ3) is 5.58. The van der Waals surface area contributed by atoms with Gasteiger partial charge in [-0.15, -0.1) is 11.8 Å². The Kier molecular flexibility index (Phi) is 7.08. The van der Waals surface area contributed by atoms with Gasteiger partial charge in [-0.05, 0) is 43.1 Å². The van der Waals surface area contributed by atoms with E-state index in [2.05, 4.69) is 32.5 Å². The Balaban J connectivity index is 1.40. The third-order valence-corrected chi connectivity index (χ3v) is 5.38. The summed E-state index contributed by atoms with van der Waals surface area (Å²) in [5.41, 5.74) is 1.10. The molecule has 1 fully saturated rings. The summed E-state index contributed by atoms with van der Waals surface area (Å²) >= 11 is 1.63. The molecule has 8 heteroatoms. The fourth-order valence-electron chi connectivity index (χ4n) is 2.93. The second-order valence-electron chi connectivity index (χ2n) is 6.99. The van der Waals surface area contributed by atoms with Gasteiger partial charge in [0.25, 0.3) is 0 Å². The summed E-state index contributed by atoms with van der Waals surface area (Å²) < 4.78 is 5.09. The van der Waals surface area contributed by atoms with E-state index in [1.807, 2.05) is 43.9 Å². The minimum Gasteiger partial charge on any atom is -0.466 e. The SMILES string of the molecule is CCOC(=O)C1CC1c1ccc(NC[C@@H](C)CNc2ncc(SC)cn2)nc1. The van der Waals surface area contributed by atoms with E-state index in [0.29, 0.717) is 18.5 Å². The van der Waals surface area contributed by atoms with Gasteiger partial charge in [0, 0.05) is 36.6 Å². The number of pyridine rings is 1. The molecular weight excluding hydrogens is 374 g/mol. The summed E-state index contributed by atoms with van der Waals surface area (Å²) in [6, 6.07) is 4.02. The van der Waals surface area contributed by atoms with E-state index in [1.165, 1.54) is 0 Å². The molecule has 0 spiro atoms. The molecule has 1 aliphatic rings. The van der Waals surface area contributed by atoms with Crippen molar-refractivity contribution in [2.45, 2.75) is 31.1 Å². The van der Waals surface area contributed by atoms with E-state index in [1.54, 1.807) is 11.8 Å². The van der Waals surface area contributed by atoms with Crippen LogP contribution in [-0.4, -0.2) is 46.9 Å². The Morgan fingerprint density at radius 1 is 1.21 bits per heavy atom. The molecule has 0 aliphatic heterocycles. The van der Waals surface area contributed by atoms with Gasteiger partial charge in [0.05, 0.1) is 12.5 Å². The number of nitrogens with zero attached hydrogens (tertiary/aromatic N) is 3. The predicted octanol–water partition coefficient (Wildman–Crippen LogP) is 3.42. The second-order valence-corrected chi connectivity index (χ2v) is 7.87. The molecule has 0 saturated heterocycles. The van der Waals surface area contributed by atoms with Gasteiger partial charge in [0.1, 0.15) is 5.82 Å². The van der Waals surface area contributed by atoms with Crippen LogP contribution in [0.15, 0.2) is 35.6 Å². The molecule has 0 aromatic carbocycles. The summed E-state index contributed by atoms with van der Waals surface area (Å²) in [6.45, 7) is 5.98. The summed E-state index contributed by atoms with van der Waals surface area (Å²) in [6.07, 6.45) is 8.36. The zero-order valence-corrected chi connectivity index (χ0v) is 17.3. The lowest BCUT2D eigenvalue weighted by Gasteiger charge is -2.14. The van der Waals surface area contributed by atoms with Gasteiger partial charge in [-0.2, -0.15) is 0 Å². The van der Waals surface area contributed by atoms with E-state index in [-0.39, 0.29) is 17.8 Å². The highest BCUT2D eigenvalue weighted by Gasteiger charge is 2.45. The molecule has 2 N–H and O–H groups in total. The van der Waals surface area contributed by atoms with Crippen molar-refractivity contribution in [3.8, 4) is 0 Å². The lowest BCUT2D eigenvalue weighted by atomic mass is 10.1. The Bertz CT molecular complexity index is 769. The molecule has 2 unspecified atom stereocenters. The monoisotopic (exact) mass is 401 g/mol. The summed E-state index contributed by atoms with van der Waals surface area (Å²) in [5, 5.41) is 6.61. The number of anilines is 2. The van der Waals surface area contributed by atoms with E-state index in [9.17, 15) is 4.79 Å². The van der Waals surface area contributed by atoms with Gasteiger partial charge in [-0.3, -0.25) is 4.79 Å². The predicted molar refractivity (Wildman–Crippen MR) is 112 cm³/mol. The topological polar surface area (TPSA) is 89.0 Å². The number of hydrogen-bond donors (Lipinski definition) is 2. The van der Waals surface area contributed by atoms with Gasteiger partial charge in [-0.1, -0.05) is 13.0 Å². The van der Waals surface area contributed by atoms with Crippen molar-refractivity contribution in [2.75, 3.05) is 36.6 Å². The lowest BCUT2D eigenvalue weighted by Crippen LogP contribution is -2.21. The van der Waals surface area contributed by atoms with Crippen molar-refractivity contribution >= 4 is 29.5 Å². The van der Waals surface area contributed by atoms with Crippen LogP contribution in [-0.2, 0) is 9.53 Å². The van der Waals surface area contributed by atoms with Crippen LogP contribution in [0.3, 0.4) is 0 Å². The number of ether oxygens (including phenoxy) is 1. The van der Waals surface area contributed by atoms with Crippen molar-refractivity contribution in [3.63, 3.8) is 0 Å². The maximum absolute atomic E-state index is 11.8. The number of nitrogens with one attached hydrogen (secondary N) is 2. The van der Waals surface area contributed by atoms with Crippen LogP contribution >= 0.6 is 11.8 Å². The van der Waals surface area contributed by atoms with Crippen molar-refractivity contribution in [1.29, 1.82) is 0 Å². The molecule has 2 aromatic heterocycles. The number of aromatic nitrogens is 3. The van der Waals surface area contributed by atoms with Crippen LogP contribution in [0.2, 0.25) is 0 Å². The maximum atomic E-state index is 11.8. The van der Waals surface area contributed by atoms with Crippen LogP contribution in [0.25, 0.3) is 0 Å². The number of carbonyl (C=O) groups is 1. The van der Waals surface area contributed by atoms with E-state index in [0.717, 1.165) is 35.8 Å². The maximum Gasteiger partial charge on any atom is 0.309 e. The average Bonchev–Trinajstić information content (AvgIpc) is 3.53. The van der Waals surface area contributed by atoms with Crippen molar-refractivity contribution < 1.29 is 9.53 Å². The highest BCUT2D eigenvalue weighted by atomic mass is 32.2. The molecule has 0 bridgehead atoms. The van der Waals surface area contributed by atoms with Gasteiger partial charge >= 0.3 is 5.97 Å². The fourth-order valence-corrected chi connectivity index (χ4v) is 3.25. The Hall–Kier alpha value is -2.35. The highest BCUT2D eigenvalue weighted by molar-refractivity contribution is 7.98. The Morgan fingerprint density at radius 2 is 1.96 bits per heavy atom. The van der Waals surface area contributed by atoms with E-state index in [4.69, 9.17) is 4.74 Å². The van der Waals surface area contributed by atoms with Crippen LogP contribution in [0.5, 0.6) is 0 Å². The highest BCUT2D eigenvalue weighted by Crippen LogP contribution is 2.48. The Morgan fingerprint density at radius 3 is 2.61 bits per heavy atom. The first-order valence-corrected chi connectivity index (χ1v) is 10.8. The van der Waals surface area contributed by atoms with Gasteiger partial charge in [-0.25, -0.2) is 15.0 Å². The van der Waals surface area contributed by atoms with Crippen LogP contribution in [0, 0.1) is 11.8 Å². The molecule has 0 radical (unpaired) electrons. The fraction of sp³-hybridized carbons (Fsp3) is 0.500. The zero-order valence-electron chi connectivity index (χ0n) is 16.5. The summed E-state index contributed by atoms with van der Waals surface area (Å²) in [7, 11) is 0. The minimum absolute atomic E-state index is 0.00106. The van der Waals surface area contributed by atoms with Gasteiger partial charge in [0.2, 0.25) is 5.95 Å². The van der Waals surface area contributed by atoms with Crippen molar-refractivity contribution in [2.24, 2.45) is 11.8 Å². The second kappa shape index (κ2) is 9.73. The quantitative estimate of drug-likeness (QED) is 0.462. The van der Waals surface area contributed by atoms with Crippen LogP contribution < -0.4 is 10.6 Å². The number of rotatable bonds is 10. The molecule has 150 valence electrons. The largest absolute Gasteiger partial charge is 0.466 e. The molecule has 0 amide bonds. The number of hydrogen-bond acceptors (Lipinski definition) is 8. The molecule has 1 saturated carbocycles. The number of carbonyl (C=O) groups excluding carboxylic acids is 1. The molecule has 3 atom stereocenters. The first-order chi connectivity index (χ1) is 13.6. The summed E-state index contributed by atoms with van der Waals surface area (Å²) in [5.74, 6) is 2.02. The molecule has 7 nitrogen and oxygen atoms in total. The number of thioether (sulfide) groups is 1. The molecule has 3 rings (SSSR count).